The summed E-state index contributed by atoms with van der Waals surface area (Å²) in [5.41, 5.74) is 1.92. The Bertz CT molecular complexity index is 592. The van der Waals surface area contributed by atoms with Crippen LogP contribution in [-0.4, -0.2) is 0 Å². The molecule has 0 aliphatic carbocycles. The van der Waals surface area contributed by atoms with Crippen LogP contribution in [0.1, 0.15) is 53.7 Å². The van der Waals surface area contributed by atoms with Gasteiger partial charge in [0.15, 0.2) is 0 Å². The van der Waals surface area contributed by atoms with Gasteiger partial charge in [-0.15, -0.1) is 11.3 Å². The summed E-state index contributed by atoms with van der Waals surface area (Å²) in [5.74, 6) is 0. The van der Waals surface area contributed by atoms with Crippen molar-refractivity contribution in [3.05, 3.63) is 57.3 Å². The zero-order valence-corrected chi connectivity index (χ0v) is 13.0. The van der Waals surface area contributed by atoms with Gasteiger partial charge in [0.05, 0.1) is 11.6 Å². The van der Waals surface area contributed by atoms with E-state index in [0.717, 1.165) is 6.42 Å². The van der Waals surface area contributed by atoms with Crippen LogP contribution in [0.5, 0.6) is 0 Å². The molecule has 1 N–H and O–H groups in total. The van der Waals surface area contributed by atoms with Crippen LogP contribution in [0.4, 0.5) is 0 Å². The lowest BCUT2D eigenvalue weighted by Gasteiger charge is -2.19. The van der Waals surface area contributed by atoms with Gasteiger partial charge in [-0.1, -0.05) is 19.1 Å². The molecule has 0 aliphatic rings. The van der Waals surface area contributed by atoms with E-state index < -0.39 is 0 Å². The first-order valence-corrected chi connectivity index (χ1v) is 7.80. The molecule has 3 heteroatoms. The lowest BCUT2D eigenvalue weighted by molar-refractivity contribution is 0.500. The van der Waals surface area contributed by atoms with Gasteiger partial charge < -0.3 is 5.32 Å². The van der Waals surface area contributed by atoms with Gasteiger partial charge in [-0.2, -0.15) is 5.26 Å². The number of nitrogens with one attached hydrogen (secondary N) is 1. The molecule has 0 radical (unpaired) electrons. The predicted octanol–water partition coefficient (Wildman–Crippen LogP) is 4.59. The number of aryl methyl sites for hydroxylation is 1. The Hall–Kier alpha value is -1.63. The van der Waals surface area contributed by atoms with E-state index in [1.165, 1.54) is 15.3 Å². The Labute approximate surface area is 125 Å². The fraction of sp³-hybridized carbons (Fsp3) is 0.353. The van der Waals surface area contributed by atoms with Crippen LogP contribution in [0.3, 0.4) is 0 Å². The van der Waals surface area contributed by atoms with Crippen LogP contribution in [-0.2, 0) is 6.42 Å². The van der Waals surface area contributed by atoms with Crippen molar-refractivity contribution in [3.63, 3.8) is 0 Å². The average Bonchev–Trinajstić information content (AvgIpc) is 2.96. The molecule has 1 aromatic heterocycles. The van der Waals surface area contributed by atoms with Crippen molar-refractivity contribution in [2.45, 2.75) is 39.3 Å². The summed E-state index contributed by atoms with van der Waals surface area (Å²) in [4.78, 5) is 2.81. The summed E-state index contributed by atoms with van der Waals surface area (Å²) >= 11 is 1.88. The topological polar surface area (TPSA) is 35.8 Å². The highest BCUT2D eigenvalue weighted by atomic mass is 32.1. The second-order valence-corrected chi connectivity index (χ2v) is 6.20. The Morgan fingerprint density at radius 3 is 2.35 bits per heavy atom. The summed E-state index contributed by atoms with van der Waals surface area (Å²) in [5, 5.41) is 12.4. The summed E-state index contributed by atoms with van der Waals surface area (Å²) in [6.07, 6.45) is 1.10. The quantitative estimate of drug-likeness (QED) is 0.871. The van der Waals surface area contributed by atoms with E-state index in [1.807, 2.05) is 35.6 Å². The van der Waals surface area contributed by atoms with Crippen molar-refractivity contribution >= 4 is 11.3 Å². The summed E-state index contributed by atoms with van der Waals surface area (Å²) in [6.45, 7) is 6.55. The van der Waals surface area contributed by atoms with E-state index in [2.05, 4.69) is 44.3 Å². The molecule has 1 heterocycles. The molecule has 1 aromatic carbocycles. The maximum atomic E-state index is 8.82. The van der Waals surface area contributed by atoms with Gasteiger partial charge in [0.1, 0.15) is 0 Å². The number of benzene rings is 1. The predicted molar refractivity (Wildman–Crippen MR) is 84.8 cm³/mol. The van der Waals surface area contributed by atoms with Crippen LogP contribution >= 0.6 is 11.3 Å². The third kappa shape index (κ3) is 3.47. The molecule has 0 bridgehead atoms. The Morgan fingerprint density at radius 2 is 1.80 bits per heavy atom. The van der Waals surface area contributed by atoms with Crippen molar-refractivity contribution in [1.82, 2.24) is 5.32 Å². The van der Waals surface area contributed by atoms with Crippen LogP contribution in [0.2, 0.25) is 0 Å². The van der Waals surface area contributed by atoms with Crippen molar-refractivity contribution in [2.75, 3.05) is 0 Å². The second-order valence-electron chi connectivity index (χ2n) is 5.00. The molecule has 2 nitrogen and oxygen atoms in total. The smallest absolute Gasteiger partial charge is 0.0991 e. The number of hydrogen-bond acceptors (Lipinski definition) is 3. The fourth-order valence-corrected chi connectivity index (χ4v) is 3.18. The van der Waals surface area contributed by atoms with Crippen LogP contribution < -0.4 is 5.32 Å². The fourth-order valence-electron chi connectivity index (χ4n) is 2.22. The molecule has 0 fully saturated rings. The third-order valence-corrected chi connectivity index (χ3v) is 4.91. The van der Waals surface area contributed by atoms with E-state index >= 15 is 0 Å². The highest BCUT2D eigenvalue weighted by Crippen LogP contribution is 2.26. The number of thiophene rings is 1. The van der Waals surface area contributed by atoms with Gasteiger partial charge in [0.2, 0.25) is 0 Å². The van der Waals surface area contributed by atoms with E-state index in [0.29, 0.717) is 11.6 Å². The van der Waals surface area contributed by atoms with Crippen molar-refractivity contribution in [3.8, 4) is 6.07 Å². The largest absolute Gasteiger partial charge is 0.303 e. The molecule has 0 amide bonds. The molecule has 0 aliphatic heterocycles. The highest BCUT2D eigenvalue weighted by Gasteiger charge is 2.12. The second kappa shape index (κ2) is 6.69. The van der Waals surface area contributed by atoms with Crippen molar-refractivity contribution in [2.24, 2.45) is 0 Å². The Kier molecular flexibility index (Phi) is 4.94. The van der Waals surface area contributed by atoms with Crippen molar-refractivity contribution < 1.29 is 0 Å². The van der Waals surface area contributed by atoms with E-state index in [-0.39, 0.29) is 6.04 Å². The molecule has 104 valence electrons. The molecular weight excluding hydrogens is 264 g/mol. The first-order valence-electron chi connectivity index (χ1n) is 6.98. The third-order valence-electron chi connectivity index (χ3n) is 3.50. The number of nitriles is 1. The van der Waals surface area contributed by atoms with E-state index in [9.17, 15) is 0 Å². The number of rotatable bonds is 5. The maximum Gasteiger partial charge on any atom is 0.0991 e. The molecule has 0 saturated carbocycles. The molecule has 2 aromatic rings. The number of nitrogens with zero attached hydrogens (tertiary/aromatic N) is 1. The van der Waals surface area contributed by atoms with E-state index in [1.54, 1.807) is 0 Å². The lowest BCUT2D eigenvalue weighted by Crippen LogP contribution is -2.21. The van der Waals surface area contributed by atoms with Gasteiger partial charge in [0, 0.05) is 21.8 Å². The molecule has 20 heavy (non-hydrogen) atoms. The zero-order valence-electron chi connectivity index (χ0n) is 12.2. The SMILES string of the molecule is CCc1ccc(C(C)NC(C)c2ccc(C#N)cc2)s1. The lowest BCUT2D eigenvalue weighted by atomic mass is 10.1. The van der Waals surface area contributed by atoms with Crippen LogP contribution in [0, 0.1) is 11.3 Å². The van der Waals surface area contributed by atoms with Gasteiger partial charge >= 0.3 is 0 Å². The molecule has 0 saturated heterocycles. The van der Waals surface area contributed by atoms with Gasteiger partial charge in [-0.3, -0.25) is 0 Å². The first kappa shape index (κ1) is 14.8. The van der Waals surface area contributed by atoms with Gasteiger partial charge in [-0.05, 0) is 50.1 Å². The first-order chi connectivity index (χ1) is 9.63. The Balaban J connectivity index is 2.02. The van der Waals surface area contributed by atoms with Crippen LogP contribution in [0.25, 0.3) is 0 Å². The highest BCUT2D eigenvalue weighted by molar-refractivity contribution is 7.12. The Morgan fingerprint density at radius 1 is 1.10 bits per heavy atom. The average molecular weight is 284 g/mol. The maximum absolute atomic E-state index is 8.82. The minimum atomic E-state index is 0.268. The summed E-state index contributed by atoms with van der Waals surface area (Å²) in [7, 11) is 0. The van der Waals surface area contributed by atoms with Gasteiger partial charge in [-0.25, -0.2) is 0 Å². The minimum Gasteiger partial charge on any atom is -0.303 e. The monoisotopic (exact) mass is 284 g/mol. The molecule has 2 unspecified atom stereocenters. The normalized spacial score (nSPS) is 13.7. The number of hydrogen-bond donors (Lipinski definition) is 1. The molecular formula is C17H20N2S. The molecule has 0 spiro atoms. The standard InChI is InChI=1S/C17H20N2S/c1-4-16-9-10-17(20-16)13(3)19-12(2)15-7-5-14(11-18)6-8-15/h5-10,12-13,19H,4H2,1-3H3. The minimum absolute atomic E-state index is 0.268. The van der Waals surface area contributed by atoms with E-state index in [4.69, 9.17) is 5.26 Å². The summed E-state index contributed by atoms with van der Waals surface area (Å²) < 4.78 is 0. The molecule has 2 atom stereocenters. The van der Waals surface area contributed by atoms with Crippen LogP contribution in [0.15, 0.2) is 36.4 Å². The molecule has 2 rings (SSSR count). The van der Waals surface area contributed by atoms with Crippen molar-refractivity contribution in [1.29, 1.82) is 5.26 Å². The summed E-state index contributed by atoms with van der Waals surface area (Å²) in [6, 6.07) is 15.0. The zero-order chi connectivity index (χ0) is 14.5. The van der Waals surface area contributed by atoms with Gasteiger partial charge in [0.25, 0.3) is 0 Å².